The molecule has 0 aliphatic heterocycles. The lowest BCUT2D eigenvalue weighted by Crippen LogP contribution is -2.21. The molecule has 1 aromatic heterocycles. The lowest BCUT2D eigenvalue weighted by Gasteiger charge is -1.94. The molecule has 0 aliphatic carbocycles. The third kappa shape index (κ3) is 2.25. The molecule has 0 aliphatic rings. The second kappa shape index (κ2) is 3.01. The van der Waals surface area contributed by atoms with Crippen LogP contribution in [-0.2, 0) is 0 Å². The van der Waals surface area contributed by atoms with E-state index in [1.807, 2.05) is 13.0 Å². The largest absolute Gasteiger partial charge is 0.370 e. The van der Waals surface area contributed by atoms with Crippen molar-refractivity contribution in [2.24, 2.45) is 16.5 Å². The van der Waals surface area contributed by atoms with Crippen LogP contribution in [0.15, 0.2) is 23.5 Å². The highest BCUT2D eigenvalue weighted by Gasteiger charge is 1.89. The lowest BCUT2D eigenvalue weighted by molar-refractivity contribution is 1.25. The van der Waals surface area contributed by atoms with Gasteiger partial charge in [0.25, 0.3) is 0 Å². The van der Waals surface area contributed by atoms with Gasteiger partial charge in [0.2, 0.25) is 0 Å². The highest BCUT2D eigenvalue weighted by molar-refractivity contribution is 5.78. The van der Waals surface area contributed by atoms with E-state index in [9.17, 15) is 0 Å². The summed E-state index contributed by atoms with van der Waals surface area (Å²) in [7, 11) is 0. The molecular formula is C7H10N4. The molecule has 0 aromatic carbocycles. The van der Waals surface area contributed by atoms with Crippen molar-refractivity contribution in [3.8, 4) is 0 Å². The maximum Gasteiger partial charge on any atom is 0.191 e. The Morgan fingerprint density at radius 1 is 1.45 bits per heavy atom. The Bertz CT molecular complexity index is 276. The first kappa shape index (κ1) is 7.53. The molecule has 4 heteroatoms. The number of hydrogen-bond acceptors (Lipinski definition) is 2. The summed E-state index contributed by atoms with van der Waals surface area (Å²) in [5.41, 5.74) is 12.1. The van der Waals surface area contributed by atoms with Crippen LogP contribution in [-0.4, -0.2) is 10.9 Å². The summed E-state index contributed by atoms with van der Waals surface area (Å²) >= 11 is 0. The van der Waals surface area contributed by atoms with Crippen LogP contribution in [0.4, 0.5) is 5.69 Å². The average molecular weight is 150 g/mol. The van der Waals surface area contributed by atoms with Gasteiger partial charge in [-0.05, 0) is 18.6 Å². The van der Waals surface area contributed by atoms with Crippen molar-refractivity contribution in [1.82, 2.24) is 4.98 Å². The van der Waals surface area contributed by atoms with E-state index in [0.29, 0.717) is 5.69 Å². The van der Waals surface area contributed by atoms with Gasteiger partial charge >= 0.3 is 0 Å². The van der Waals surface area contributed by atoms with Gasteiger partial charge in [0, 0.05) is 6.20 Å². The maximum atomic E-state index is 5.17. The third-order valence-corrected chi connectivity index (χ3v) is 1.12. The highest BCUT2D eigenvalue weighted by Crippen LogP contribution is 2.09. The Kier molecular flexibility index (Phi) is 2.06. The monoisotopic (exact) mass is 150 g/mol. The summed E-state index contributed by atoms with van der Waals surface area (Å²) < 4.78 is 0. The van der Waals surface area contributed by atoms with Crippen LogP contribution in [0.25, 0.3) is 0 Å². The standard InChI is InChI=1S/C7H10N4/c1-5-2-6(4-10-3-5)11-7(8)9/h2-4H,1H3,(H4,8,9,11). The summed E-state index contributed by atoms with van der Waals surface area (Å²) in [6, 6.07) is 1.85. The van der Waals surface area contributed by atoms with E-state index in [2.05, 4.69) is 9.98 Å². The predicted octanol–water partition coefficient (Wildman–Crippen LogP) is 0.295. The van der Waals surface area contributed by atoms with Crippen molar-refractivity contribution in [3.05, 3.63) is 24.0 Å². The molecule has 0 radical (unpaired) electrons. The van der Waals surface area contributed by atoms with Gasteiger partial charge in [0.05, 0.1) is 11.9 Å². The molecule has 0 unspecified atom stereocenters. The molecule has 0 atom stereocenters. The highest BCUT2D eigenvalue weighted by atomic mass is 15.0. The van der Waals surface area contributed by atoms with Crippen LogP contribution in [0.2, 0.25) is 0 Å². The van der Waals surface area contributed by atoms with Gasteiger partial charge in [-0.2, -0.15) is 0 Å². The fraction of sp³-hybridized carbons (Fsp3) is 0.143. The topological polar surface area (TPSA) is 77.3 Å². The number of nitrogens with two attached hydrogens (primary N) is 2. The van der Waals surface area contributed by atoms with E-state index >= 15 is 0 Å². The van der Waals surface area contributed by atoms with Gasteiger partial charge in [-0.1, -0.05) is 0 Å². The molecular weight excluding hydrogens is 140 g/mol. The SMILES string of the molecule is Cc1cncc(N=C(N)N)c1. The number of aromatic nitrogens is 1. The predicted molar refractivity (Wildman–Crippen MR) is 44.4 cm³/mol. The summed E-state index contributed by atoms with van der Waals surface area (Å²) in [6.07, 6.45) is 3.35. The minimum Gasteiger partial charge on any atom is -0.370 e. The summed E-state index contributed by atoms with van der Waals surface area (Å²) in [5, 5.41) is 0. The number of pyridine rings is 1. The minimum absolute atomic E-state index is 0.0531. The van der Waals surface area contributed by atoms with Crippen molar-refractivity contribution in [2.75, 3.05) is 0 Å². The van der Waals surface area contributed by atoms with Gasteiger partial charge in [-0.3, -0.25) is 4.98 Å². The number of guanidine groups is 1. The first-order valence-electron chi connectivity index (χ1n) is 3.20. The molecule has 0 saturated heterocycles. The number of rotatable bonds is 1. The number of aliphatic imine (C=N–C) groups is 1. The van der Waals surface area contributed by atoms with E-state index in [1.165, 1.54) is 0 Å². The first-order chi connectivity index (χ1) is 5.18. The van der Waals surface area contributed by atoms with Crippen molar-refractivity contribution >= 4 is 11.6 Å². The molecule has 1 aromatic rings. The fourth-order valence-electron chi connectivity index (χ4n) is 0.749. The zero-order chi connectivity index (χ0) is 8.27. The Labute approximate surface area is 65.0 Å². The quantitative estimate of drug-likeness (QED) is 0.446. The van der Waals surface area contributed by atoms with Crippen LogP contribution in [0.5, 0.6) is 0 Å². The van der Waals surface area contributed by atoms with E-state index < -0.39 is 0 Å². The Hall–Kier alpha value is -1.58. The molecule has 4 N–H and O–H groups in total. The first-order valence-corrected chi connectivity index (χ1v) is 3.20. The summed E-state index contributed by atoms with van der Waals surface area (Å²) in [4.78, 5) is 7.75. The van der Waals surface area contributed by atoms with Gasteiger partial charge in [-0.15, -0.1) is 0 Å². The number of hydrogen-bond donors (Lipinski definition) is 2. The molecule has 0 bridgehead atoms. The van der Waals surface area contributed by atoms with Gasteiger partial charge < -0.3 is 11.5 Å². The minimum atomic E-state index is 0.0531. The van der Waals surface area contributed by atoms with Crippen LogP contribution >= 0.6 is 0 Å². The van der Waals surface area contributed by atoms with Crippen LogP contribution < -0.4 is 11.5 Å². The molecule has 0 amide bonds. The van der Waals surface area contributed by atoms with Gasteiger partial charge in [0.15, 0.2) is 5.96 Å². The molecule has 0 saturated carbocycles. The summed E-state index contributed by atoms with van der Waals surface area (Å²) in [5.74, 6) is 0.0531. The lowest BCUT2D eigenvalue weighted by atomic mass is 10.3. The number of aryl methyl sites for hydroxylation is 1. The third-order valence-electron chi connectivity index (χ3n) is 1.12. The van der Waals surface area contributed by atoms with E-state index in [0.717, 1.165) is 5.56 Å². The summed E-state index contributed by atoms with van der Waals surface area (Å²) in [6.45, 7) is 1.93. The van der Waals surface area contributed by atoms with E-state index in [1.54, 1.807) is 12.4 Å². The number of nitrogens with zero attached hydrogens (tertiary/aromatic N) is 2. The van der Waals surface area contributed by atoms with Crippen molar-refractivity contribution in [2.45, 2.75) is 6.92 Å². The zero-order valence-electron chi connectivity index (χ0n) is 6.28. The van der Waals surface area contributed by atoms with Crippen molar-refractivity contribution in [1.29, 1.82) is 0 Å². The van der Waals surface area contributed by atoms with E-state index in [4.69, 9.17) is 11.5 Å². The smallest absolute Gasteiger partial charge is 0.191 e. The van der Waals surface area contributed by atoms with Gasteiger partial charge in [0.1, 0.15) is 0 Å². The molecule has 0 spiro atoms. The van der Waals surface area contributed by atoms with Crippen molar-refractivity contribution < 1.29 is 0 Å². The second-order valence-corrected chi connectivity index (χ2v) is 2.26. The van der Waals surface area contributed by atoms with E-state index in [-0.39, 0.29) is 5.96 Å². The molecule has 4 nitrogen and oxygen atoms in total. The molecule has 1 heterocycles. The van der Waals surface area contributed by atoms with Crippen LogP contribution in [0.3, 0.4) is 0 Å². The Balaban J connectivity index is 2.97. The van der Waals surface area contributed by atoms with Gasteiger partial charge in [-0.25, -0.2) is 4.99 Å². The second-order valence-electron chi connectivity index (χ2n) is 2.26. The Morgan fingerprint density at radius 2 is 2.18 bits per heavy atom. The maximum absolute atomic E-state index is 5.17. The molecule has 11 heavy (non-hydrogen) atoms. The fourth-order valence-corrected chi connectivity index (χ4v) is 0.749. The van der Waals surface area contributed by atoms with Crippen LogP contribution in [0, 0.1) is 6.92 Å². The molecule has 1 rings (SSSR count). The average Bonchev–Trinajstić information content (AvgIpc) is 1.85. The normalized spacial score (nSPS) is 9.18. The Morgan fingerprint density at radius 3 is 2.73 bits per heavy atom. The van der Waals surface area contributed by atoms with Crippen molar-refractivity contribution in [3.63, 3.8) is 0 Å². The van der Waals surface area contributed by atoms with Crippen LogP contribution in [0.1, 0.15) is 5.56 Å². The molecule has 58 valence electrons. The molecule has 0 fully saturated rings. The zero-order valence-corrected chi connectivity index (χ0v) is 6.28.